The Bertz CT molecular complexity index is 787. The minimum Gasteiger partial charge on any atom is -0.508 e. The van der Waals surface area contributed by atoms with Gasteiger partial charge in [0.25, 0.3) is 0 Å². The summed E-state index contributed by atoms with van der Waals surface area (Å²) in [5, 5.41) is 26.3. The normalized spacial score (nSPS) is 13.7. The van der Waals surface area contributed by atoms with Crippen molar-refractivity contribution in [3.63, 3.8) is 0 Å². The molecule has 3 amide bonds. The van der Waals surface area contributed by atoms with Gasteiger partial charge in [-0.1, -0.05) is 26.0 Å². The molecule has 0 saturated carbocycles. The van der Waals surface area contributed by atoms with Crippen LogP contribution in [0.5, 0.6) is 5.75 Å². The van der Waals surface area contributed by atoms with E-state index in [9.17, 15) is 29.4 Å². The van der Waals surface area contributed by atoms with Crippen molar-refractivity contribution in [2.45, 2.75) is 44.8 Å². The number of phenols is 1. The van der Waals surface area contributed by atoms with Gasteiger partial charge in [-0.2, -0.15) is 11.8 Å². The van der Waals surface area contributed by atoms with Crippen molar-refractivity contribution in [2.75, 3.05) is 18.6 Å². The van der Waals surface area contributed by atoms with Crippen LogP contribution in [0.3, 0.4) is 0 Å². The van der Waals surface area contributed by atoms with Crippen molar-refractivity contribution in [1.82, 2.24) is 16.0 Å². The Morgan fingerprint density at radius 3 is 2.19 bits per heavy atom. The molecule has 0 heterocycles. The molecule has 32 heavy (non-hydrogen) atoms. The molecule has 1 rings (SSSR count). The Kier molecular flexibility index (Phi) is 11.6. The first-order valence-electron chi connectivity index (χ1n) is 10.2. The smallest absolute Gasteiger partial charge is 0.326 e. The van der Waals surface area contributed by atoms with Gasteiger partial charge in [0.15, 0.2) is 0 Å². The summed E-state index contributed by atoms with van der Waals surface area (Å²) in [6, 6.07) is 3.11. The van der Waals surface area contributed by atoms with E-state index >= 15 is 0 Å². The Labute approximate surface area is 191 Å². The summed E-state index contributed by atoms with van der Waals surface area (Å²) in [5.74, 6) is -2.47. The van der Waals surface area contributed by atoms with E-state index in [1.807, 2.05) is 6.26 Å². The van der Waals surface area contributed by atoms with Crippen LogP contribution in [0, 0.1) is 5.92 Å². The number of aliphatic carboxylic acids is 1. The predicted molar refractivity (Wildman–Crippen MR) is 122 cm³/mol. The molecule has 0 fully saturated rings. The van der Waals surface area contributed by atoms with Crippen LogP contribution in [0.2, 0.25) is 0 Å². The Balaban J connectivity index is 2.88. The maximum absolute atomic E-state index is 12.8. The Morgan fingerprint density at radius 1 is 1.03 bits per heavy atom. The van der Waals surface area contributed by atoms with Gasteiger partial charge in [-0.25, -0.2) is 4.79 Å². The summed E-state index contributed by atoms with van der Waals surface area (Å²) in [6.07, 6.45) is 2.12. The van der Waals surface area contributed by atoms with Gasteiger partial charge in [0.2, 0.25) is 17.7 Å². The number of benzene rings is 1. The number of hydrogen-bond acceptors (Lipinski definition) is 7. The van der Waals surface area contributed by atoms with Crippen LogP contribution < -0.4 is 21.7 Å². The molecule has 7 N–H and O–H groups in total. The number of hydrogen-bond donors (Lipinski definition) is 6. The maximum Gasteiger partial charge on any atom is 0.326 e. The first-order valence-corrected chi connectivity index (χ1v) is 11.6. The van der Waals surface area contributed by atoms with E-state index in [1.165, 1.54) is 23.9 Å². The van der Waals surface area contributed by atoms with Gasteiger partial charge in [0, 0.05) is 6.42 Å². The van der Waals surface area contributed by atoms with Crippen LogP contribution >= 0.6 is 11.8 Å². The summed E-state index contributed by atoms with van der Waals surface area (Å²) in [7, 11) is 0. The molecule has 0 aliphatic rings. The minimum absolute atomic E-state index is 0.0472. The van der Waals surface area contributed by atoms with Crippen molar-refractivity contribution in [3.8, 4) is 5.75 Å². The third-order valence-electron chi connectivity index (χ3n) is 4.70. The zero-order valence-electron chi connectivity index (χ0n) is 18.5. The minimum atomic E-state index is -1.17. The van der Waals surface area contributed by atoms with E-state index in [4.69, 9.17) is 5.73 Å². The number of rotatable bonds is 13. The lowest BCUT2D eigenvalue weighted by molar-refractivity contribution is -0.142. The second kappa shape index (κ2) is 13.6. The van der Waals surface area contributed by atoms with E-state index in [-0.39, 0.29) is 31.1 Å². The summed E-state index contributed by atoms with van der Waals surface area (Å²) >= 11 is 1.45. The zero-order chi connectivity index (χ0) is 24.3. The summed E-state index contributed by atoms with van der Waals surface area (Å²) in [6.45, 7) is 3.17. The van der Waals surface area contributed by atoms with Gasteiger partial charge >= 0.3 is 5.97 Å². The van der Waals surface area contributed by atoms with Gasteiger partial charge in [-0.15, -0.1) is 0 Å². The predicted octanol–water partition coefficient (Wildman–Crippen LogP) is -0.158. The van der Waals surface area contributed by atoms with Crippen molar-refractivity contribution in [3.05, 3.63) is 29.8 Å². The van der Waals surface area contributed by atoms with Crippen LogP contribution in [0.25, 0.3) is 0 Å². The lowest BCUT2D eigenvalue weighted by Crippen LogP contribution is -2.54. The molecule has 0 radical (unpaired) electrons. The van der Waals surface area contributed by atoms with Gasteiger partial charge in [-0.05, 0) is 42.0 Å². The summed E-state index contributed by atoms with van der Waals surface area (Å²) < 4.78 is 0. The van der Waals surface area contributed by atoms with E-state index < -0.39 is 41.8 Å². The number of aromatic hydroxyl groups is 1. The van der Waals surface area contributed by atoms with Crippen LogP contribution in [-0.4, -0.2) is 70.6 Å². The Hall–Kier alpha value is -2.79. The standard InChI is InChI=1S/C21H32N4O6S/c1-12(2)18(22)20(29)23-11-17(27)24-16(10-13-4-6-14(26)7-5-13)19(28)25-15(21(30)31)8-9-32-3/h4-7,12,15-16,18,26H,8-11,22H2,1-3H3,(H,23,29)(H,24,27)(H,25,28)(H,30,31). The van der Waals surface area contributed by atoms with Crippen LogP contribution in [-0.2, 0) is 25.6 Å². The molecule has 1 aromatic rings. The molecule has 0 aromatic heterocycles. The van der Waals surface area contributed by atoms with Gasteiger partial charge < -0.3 is 31.9 Å². The maximum atomic E-state index is 12.8. The van der Waals surface area contributed by atoms with Gasteiger partial charge in [0.05, 0.1) is 12.6 Å². The average Bonchev–Trinajstić information content (AvgIpc) is 2.74. The molecule has 0 bridgehead atoms. The number of thioether (sulfide) groups is 1. The highest BCUT2D eigenvalue weighted by molar-refractivity contribution is 7.98. The molecule has 0 aliphatic heterocycles. The monoisotopic (exact) mass is 468 g/mol. The molecular formula is C21H32N4O6S. The highest BCUT2D eigenvalue weighted by Gasteiger charge is 2.27. The fraction of sp³-hybridized carbons (Fsp3) is 0.524. The zero-order valence-corrected chi connectivity index (χ0v) is 19.3. The number of amides is 3. The van der Waals surface area contributed by atoms with E-state index in [1.54, 1.807) is 26.0 Å². The number of carbonyl (C=O) groups is 4. The van der Waals surface area contributed by atoms with Crippen molar-refractivity contribution < 1.29 is 29.4 Å². The summed E-state index contributed by atoms with van der Waals surface area (Å²) in [4.78, 5) is 48.6. The summed E-state index contributed by atoms with van der Waals surface area (Å²) in [5.41, 5.74) is 6.39. The highest BCUT2D eigenvalue weighted by atomic mass is 32.2. The molecule has 0 aliphatic carbocycles. The van der Waals surface area contributed by atoms with E-state index in [0.29, 0.717) is 11.3 Å². The van der Waals surface area contributed by atoms with Crippen LogP contribution in [0.15, 0.2) is 24.3 Å². The molecule has 178 valence electrons. The third-order valence-corrected chi connectivity index (χ3v) is 5.34. The van der Waals surface area contributed by atoms with Crippen molar-refractivity contribution >= 4 is 35.5 Å². The lowest BCUT2D eigenvalue weighted by Gasteiger charge is -2.22. The van der Waals surface area contributed by atoms with E-state index in [0.717, 1.165) is 0 Å². The van der Waals surface area contributed by atoms with Crippen molar-refractivity contribution in [1.29, 1.82) is 0 Å². The number of carboxylic acids is 1. The topological polar surface area (TPSA) is 171 Å². The number of carbonyl (C=O) groups excluding carboxylic acids is 3. The lowest BCUT2D eigenvalue weighted by atomic mass is 10.0. The highest BCUT2D eigenvalue weighted by Crippen LogP contribution is 2.12. The molecule has 0 spiro atoms. The molecule has 0 saturated heterocycles. The molecule has 3 atom stereocenters. The van der Waals surface area contributed by atoms with Crippen LogP contribution in [0.4, 0.5) is 0 Å². The second-order valence-electron chi connectivity index (χ2n) is 7.66. The number of nitrogens with one attached hydrogen (secondary N) is 3. The number of carboxylic acid groups (broad SMARTS) is 1. The fourth-order valence-electron chi connectivity index (χ4n) is 2.68. The SMILES string of the molecule is CSCCC(NC(=O)C(Cc1ccc(O)cc1)NC(=O)CNC(=O)C(N)C(C)C)C(=O)O. The number of nitrogens with two attached hydrogens (primary N) is 1. The van der Waals surface area contributed by atoms with Crippen molar-refractivity contribution in [2.24, 2.45) is 11.7 Å². The van der Waals surface area contributed by atoms with Crippen LogP contribution in [0.1, 0.15) is 25.8 Å². The first-order chi connectivity index (χ1) is 15.0. The molecule has 3 unspecified atom stereocenters. The molecular weight excluding hydrogens is 436 g/mol. The first kappa shape index (κ1) is 27.2. The average molecular weight is 469 g/mol. The van der Waals surface area contributed by atoms with E-state index in [2.05, 4.69) is 16.0 Å². The molecule has 1 aromatic carbocycles. The fourth-order valence-corrected chi connectivity index (χ4v) is 3.15. The Morgan fingerprint density at radius 2 is 1.66 bits per heavy atom. The largest absolute Gasteiger partial charge is 0.508 e. The van der Waals surface area contributed by atoms with Gasteiger partial charge in [-0.3, -0.25) is 14.4 Å². The quantitative estimate of drug-likeness (QED) is 0.232. The number of phenolic OH excluding ortho intramolecular Hbond substituents is 1. The van der Waals surface area contributed by atoms with Gasteiger partial charge in [0.1, 0.15) is 17.8 Å². The second-order valence-corrected chi connectivity index (χ2v) is 8.64. The third kappa shape index (κ3) is 9.56. The molecule has 10 nitrogen and oxygen atoms in total. The molecule has 11 heteroatoms.